The summed E-state index contributed by atoms with van der Waals surface area (Å²) in [4.78, 5) is 15.9. The van der Waals surface area contributed by atoms with Gasteiger partial charge < -0.3 is 14.6 Å². The van der Waals surface area contributed by atoms with E-state index in [-0.39, 0.29) is 36.5 Å². The predicted molar refractivity (Wildman–Crippen MR) is 130 cm³/mol. The molecule has 0 aliphatic carbocycles. The standard InChI is InChI=1S/C23H20Cl2F3N3O4S/c1-35-19-11-16(22(32)30-13-14-5-8-20(29-12-14)23(26,27)28)6-7-18(19)31(36(33)34)10-9-15-3-2-4-17(24)21(15)25/h2-8,11-12H,9-10,13H2,1H3,(H,30,32)(H,33,34)/p-1. The summed E-state index contributed by atoms with van der Waals surface area (Å²) in [5.41, 5.74) is 0.355. The van der Waals surface area contributed by atoms with E-state index in [4.69, 9.17) is 27.9 Å². The van der Waals surface area contributed by atoms with Crippen LogP contribution in [0.1, 0.15) is 27.2 Å². The van der Waals surface area contributed by atoms with Gasteiger partial charge in [-0.2, -0.15) is 13.2 Å². The Hall–Kier alpha value is -2.86. The molecule has 2 aromatic carbocycles. The van der Waals surface area contributed by atoms with Crippen LogP contribution in [0.3, 0.4) is 0 Å². The number of rotatable bonds is 9. The minimum Gasteiger partial charge on any atom is -0.755 e. The molecule has 1 atom stereocenters. The lowest BCUT2D eigenvalue weighted by molar-refractivity contribution is -0.141. The van der Waals surface area contributed by atoms with E-state index in [0.29, 0.717) is 21.2 Å². The van der Waals surface area contributed by atoms with Gasteiger partial charge in [0.1, 0.15) is 11.4 Å². The van der Waals surface area contributed by atoms with Crippen molar-refractivity contribution in [1.29, 1.82) is 0 Å². The molecule has 7 nitrogen and oxygen atoms in total. The molecule has 3 rings (SSSR count). The Balaban J connectivity index is 1.72. The van der Waals surface area contributed by atoms with Crippen LogP contribution in [0.25, 0.3) is 0 Å². The maximum absolute atomic E-state index is 12.6. The van der Waals surface area contributed by atoms with E-state index in [1.165, 1.54) is 31.4 Å². The number of benzene rings is 2. The Kier molecular flexibility index (Phi) is 9.18. The number of ether oxygens (including phenoxy) is 1. The average molecular weight is 561 g/mol. The zero-order chi connectivity index (χ0) is 26.5. The molecule has 0 saturated heterocycles. The van der Waals surface area contributed by atoms with Crippen LogP contribution in [0.15, 0.2) is 54.7 Å². The third-order valence-corrected chi connectivity index (χ3v) is 6.67. The van der Waals surface area contributed by atoms with Gasteiger partial charge in [-0.1, -0.05) is 41.4 Å². The van der Waals surface area contributed by atoms with Crippen LogP contribution < -0.4 is 14.4 Å². The monoisotopic (exact) mass is 560 g/mol. The smallest absolute Gasteiger partial charge is 0.433 e. The summed E-state index contributed by atoms with van der Waals surface area (Å²) in [6, 6.07) is 11.3. The summed E-state index contributed by atoms with van der Waals surface area (Å²) in [5.74, 6) is -0.416. The number of nitrogens with zero attached hydrogens (tertiary/aromatic N) is 2. The van der Waals surface area contributed by atoms with E-state index in [1.807, 2.05) is 0 Å². The number of nitrogens with one attached hydrogen (secondary N) is 1. The van der Waals surface area contributed by atoms with E-state index in [0.717, 1.165) is 16.6 Å². The first-order chi connectivity index (χ1) is 17.0. The first-order valence-corrected chi connectivity index (χ1v) is 12.1. The normalized spacial score (nSPS) is 12.2. The van der Waals surface area contributed by atoms with Crippen LogP contribution in [0.5, 0.6) is 5.75 Å². The summed E-state index contributed by atoms with van der Waals surface area (Å²) >= 11 is 9.54. The number of halogens is 5. The highest BCUT2D eigenvalue weighted by molar-refractivity contribution is 7.80. The Morgan fingerprint density at radius 3 is 2.56 bits per heavy atom. The fraction of sp³-hybridized carbons (Fsp3) is 0.217. The number of amides is 1. The molecule has 0 spiro atoms. The zero-order valence-corrected chi connectivity index (χ0v) is 21.0. The molecule has 0 fully saturated rings. The van der Waals surface area contributed by atoms with Gasteiger partial charge in [-0.25, -0.2) is 0 Å². The second-order valence-electron chi connectivity index (χ2n) is 7.40. The molecular weight excluding hydrogens is 542 g/mol. The third-order valence-electron chi connectivity index (χ3n) is 5.07. The number of anilines is 1. The summed E-state index contributed by atoms with van der Waals surface area (Å²) in [7, 11) is 1.33. The number of carbonyl (C=O) groups is 1. The molecule has 1 N–H and O–H groups in total. The molecule has 1 aromatic heterocycles. The van der Waals surface area contributed by atoms with Gasteiger partial charge in [0.15, 0.2) is 0 Å². The molecule has 0 aliphatic rings. The van der Waals surface area contributed by atoms with Crippen molar-refractivity contribution in [3.05, 3.63) is 87.2 Å². The average Bonchev–Trinajstić information content (AvgIpc) is 2.84. The fourth-order valence-corrected chi connectivity index (χ4v) is 4.21. The van der Waals surface area contributed by atoms with E-state index >= 15 is 0 Å². The van der Waals surface area contributed by atoms with Crippen molar-refractivity contribution in [2.24, 2.45) is 0 Å². The molecule has 0 bridgehead atoms. The highest BCUT2D eigenvalue weighted by Gasteiger charge is 2.32. The van der Waals surface area contributed by atoms with Gasteiger partial charge in [-0.05, 0) is 47.9 Å². The van der Waals surface area contributed by atoms with Crippen LogP contribution in [0.2, 0.25) is 10.0 Å². The van der Waals surface area contributed by atoms with Crippen LogP contribution in [0.4, 0.5) is 18.9 Å². The van der Waals surface area contributed by atoms with E-state index in [2.05, 4.69) is 10.3 Å². The summed E-state index contributed by atoms with van der Waals surface area (Å²) < 4.78 is 68.2. The summed E-state index contributed by atoms with van der Waals surface area (Å²) in [6.07, 6.45) is -3.26. The number of methoxy groups -OCH3 is 1. The highest BCUT2D eigenvalue weighted by atomic mass is 35.5. The van der Waals surface area contributed by atoms with Gasteiger partial charge in [-0.15, -0.1) is 0 Å². The first kappa shape index (κ1) is 27.7. The second-order valence-corrected chi connectivity index (χ2v) is 9.06. The van der Waals surface area contributed by atoms with Crippen LogP contribution >= 0.6 is 23.2 Å². The molecule has 0 aliphatic heterocycles. The van der Waals surface area contributed by atoms with Crippen molar-refractivity contribution in [2.45, 2.75) is 19.1 Å². The highest BCUT2D eigenvalue weighted by Crippen LogP contribution is 2.32. The van der Waals surface area contributed by atoms with Gasteiger partial charge in [-0.3, -0.25) is 18.3 Å². The van der Waals surface area contributed by atoms with Gasteiger partial charge >= 0.3 is 6.18 Å². The number of hydrogen-bond acceptors (Lipinski definition) is 5. The number of carbonyl (C=O) groups excluding carboxylic acids is 1. The van der Waals surface area contributed by atoms with Crippen molar-refractivity contribution in [3.63, 3.8) is 0 Å². The lowest BCUT2D eigenvalue weighted by atomic mass is 10.1. The van der Waals surface area contributed by atoms with Crippen molar-refractivity contribution >= 4 is 46.1 Å². The molecular formula is C23H19Cl2F3N3O4S-. The topological polar surface area (TPSA) is 94.6 Å². The number of pyridine rings is 1. The summed E-state index contributed by atoms with van der Waals surface area (Å²) in [6.45, 7) is -0.0376. The molecule has 13 heteroatoms. The SMILES string of the molecule is COc1cc(C(=O)NCc2ccc(C(F)(F)F)nc2)ccc1N(CCc1cccc(Cl)c1Cl)S(=O)[O-]. The first-order valence-electron chi connectivity index (χ1n) is 10.3. The molecule has 1 amide bonds. The van der Waals surface area contributed by atoms with E-state index < -0.39 is 29.0 Å². The van der Waals surface area contributed by atoms with Gasteiger partial charge in [0, 0.05) is 36.1 Å². The van der Waals surface area contributed by atoms with Crippen molar-refractivity contribution in [3.8, 4) is 5.75 Å². The van der Waals surface area contributed by atoms with Crippen LogP contribution in [0, 0.1) is 0 Å². The number of aromatic nitrogens is 1. The van der Waals surface area contributed by atoms with Crippen molar-refractivity contribution < 1.29 is 31.5 Å². The minimum atomic E-state index is -4.55. The molecule has 0 radical (unpaired) electrons. The Morgan fingerprint density at radius 1 is 1.19 bits per heavy atom. The second kappa shape index (κ2) is 11.9. The lowest BCUT2D eigenvalue weighted by Crippen LogP contribution is -2.29. The molecule has 1 heterocycles. The molecule has 192 valence electrons. The largest absolute Gasteiger partial charge is 0.755 e. The Bertz CT molecular complexity index is 1260. The molecule has 0 saturated carbocycles. The summed E-state index contributed by atoms with van der Waals surface area (Å²) in [5, 5.41) is 3.26. The third kappa shape index (κ3) is 6.88. The molecule has 36 heavy (non-hydrogen) atoms. The number of hydrogen-bond donors (Lipinski definition) is 1. The number of alkyl halides is 3. The fourth-order valence-electron chi connectivity index (χ4n) is 3.24. The minimum absolute atomic E-state index is 0.0268. The molecule has 3 aromatic rings. The van der Waals surface area contributed by atoms with Crippen molar-refractivity contribution in [2.75, 3.05) is 18.0 Å². The van der Waals surface area contributed by atoms with Gasteiger partial charge in [0.25, 0.3) is 5.91 Å². The predicted octanol–water partition coefficient (Wildman–Crippen LogP) is 5.19. The van der Waals surface area contributed by atoms with Crippen molar-refractivity contribution in [1.82, 2.24) is 10.3 Å². The Morgan fingerprint density at radius 2 is 1.94 bits per heavy atom. The Labute approximate surface area is 217 Å². The van der Waals surface area contributed by atoms with Crippen LogP contribution in [-0.2, 0) is 30.4 Å². The lowest BCUT2D eigenvalue weighted by Gasteiger charge is -2.28. The van der Waals surface area contributed by atoms with Crippen LogP contribution in [-0.4, -0.2) is 33.3 Å². The quantitative estimate of drug-likeness (QED) is 0.363. The maximum Gasteiger partial charge on any atom is 0.433 e. The maximum atomic E-state index is 12.6. The molecule has 1 unspecified atom stereocenters. The van der Waals surface area contributed by atoms with E-state index in [9.17, 15) is 26.7 Å². The van der Waals surface area contributed by atoms with Gasteiger partial charge in [0.05, 0.1) is 22.8 Å². The zero-order valence-electron chi connectivity index (χ0n) is 18.6. The van der Waals surface area contributed by atoms with Gasteiger partial charge in [0.2, 0.25) is 0 Å². The van der Waals surface area contributed by atoms with E-state index in [1.54, 1.807) is 18.2 Å².